The van der Waals surface area contributed by atoms with E-state index in [4.69, 9.17) is 9.84 Å². The summed E-state index contributed by atoms with van der Waals surface area (Å²) in [5.74, 6) is -0.0426. The van der Waals surface area contributed by atoms with Gasteiger partial charge in [0.25, 0.3) is 5.91 Å². The lowest BCUT2D eigenvalue weighted by atomic mass is 9.96. The van der Waals surface area contributed by atoms with E-state index in [1.165, 1.54) is 13.5 Å². The Morgan fingerprint density at radius 2 is 1.83 bits per heavy atom. The van der Waals surface area contributed by atoms with E-state index in [-0.39, 0.29) is 23.7 Å². The van der Waals surface area contributed by atoms with Crippen LogP contribution in [-0.4, -0.2) is 61.2 Å². The number of esters is 1. The first-order valence-electron chi connectivity index (χ1n) is 15.0. The zero-order valence-electron chi connectivity index (χ0n) is 24.8. The van der Waals surface area contributed by atoms with Crippen molar-refractivity contribution in [1.29, 1.82) is 0 Å². The van der Waals surface area contributed by atoms with Crippen LogP contribution in [0.25, 0.3) is 16.8 Å². The van der Waals surface area contributed by atoms with Gasteiger partial charge in [-0.05, 0) is 74.4 Å². The number of piperidine rings is 1. The molecule has 1 aliphatic heterocycles. The standard InChI is InChI=1S/C33H38N6O3/c1-5-10-25-14-6-7-16-38(25)32(40)24-13-8-11-22(17-24)23-12-9-15-26(18-23)39-31(30(21(2)35-39)33(41)42-4)28-19-27(28)29-20-37(3)36-34-29/h8-9,11-13,15,17-18,20,25,27-28H,5-7,10,14,16,19H2,1-4H3. The fourth-order valence-corrected chi connectivity index (χ4v) is 6.51. The van der Waals surface area contributed by atoms with E-state index in [1.54, 1.807) is 4.68 Å². The molecule has 42 heavy (non-hydrogen) atoms. The van der Waals surface area contributed by atoms with Crippen LogP contribution in [0.1, 0.15) is 95.1 Å². The second-order valence-corrected chi connectivity index (χ2v) is 11.6. The lowest BCUT2D eigenvalue weighted by Gasteiger charge is -2.36. The van der Waals surface area contributed by atoms with Gasteiger partial charge in [-0.1, -0.05) is 42.8 Å². The van der Waals surface area contributed by atoms with Crippen molar-refractivity contribution in [1.82, 2.24) is 29.7 Å². The van der Waals surface area contributed by atoms with Crippen molar-refractivity contribution in [2.75, 3.05) is 13.7 Å². The highest BCUT2D eigenvalue weighted by Gasteiger charge is 2.46. The molecule has 3 heterocycles. The van der Waals surface area contributed by atoms with E-state index in [9.17, 15) is 9.59 Å². The molecule has 2 aromatic carbocycles. The molecule has 0 N–H and O–H groups in total. The average molecular weight is 567 g/mol. The molecular formula is C33H38N6O3. The van der Waals surface area contributed by atoms with Crippen LogP contribution in [0, 0.1) is 6.92 Å². The maximum atomic E-state index is 13.6. The van der Waals surface area contributed by atoms with Gasteiger partial charge < -0.3 is 9.64 Å². The van der Waals surface area contributed by atoms with Crippen molar-refractivity contribution in [3.05, 3.63) is 82.9 Å². The Hall–Kier alpha value is -4.27. The molecule has 6 rings (SSSR count). The predicted molar refractivity (Wildman–Crippen MR) is 160 cm³/mol. The van der Waals surface area contributed by atoms with Gasteiger partial charge in [0.15, 0.2) is 0 Å². The van der Waals surface area contributed by atoms with E-state index in [0.717, 1.165) is 66.9 Å². The average Bonchev–Trinajstić information content (AvgIpc) is 3.56. The summed E-state index contributed by atoms with van der Waals surface area (Å²) in [5.41, 5.74) is 6.39. The number of amides is 1. The first-order valence-corrected chi connectivity index (χ1v) is 15.0. The molecule has 4 aromatic rings. The number of likely N-dealkylation sites (tertiary alicyclic amines) is 1. The molecule has 9 heteroatoms. The Morgan fingerprint density at radius 3 is 2.57 bits per heavy atom. The molecule has 9 nitrogen and oxygen atoms in total. The minimum absolute atomic E-state index is 0.0715. The van der Waals surface area contributed by atoms with Crippen molar-refractivity contribution in [2.24, 2.45) is 7.05 Å². The highest BCUT2D eigenvalue weighted by molar-refractivity contribution is 5.96. The molecule has 1 saturated heterocycles. The number of hydrogen-bond donors (Lipinski definition) is 0. The molecule has 2 aromatic heterocycles. The van der Waals surface area contributed by atoms with Crippen LogP contribution in [0.4, 0.5) is 0 Å². The first kappa shape index (κ1) is 27.9. The van der Waals surface area contributed by atoms with Crippen LogP contribution in [0.15, 0.2) is 54.7 Å². The molecular weight excluding hydrogens is 528 g/mol. The van der Waals surface area contributed by atoms with E-state index >= 15 is 0 Å². The number of hydrogen-bond acceptors (Lipinski definition) is 6. The maximum Gasteiger partial charge on any atom is 0.341 e. The van der Waals surface area contributed by atoms with Crippen LogP contribution < -0.4 is 0 Å². The molecule has 2 fully saturated rings. The van der Waals surface area contributed by atoms with E-state index in [2.05, 4.69) is 28.2 Å². The van der Waals surface area contributed by atoms with Crippen molar-refractivity contribution in [3.8, 4) is 16.8 Å². The van der Waals surface area contributed by atoms with Gasteiger partial charge in [-0.15, -0.1) is 5.10 Å². The molecule has 218 valence electrons. The Balaban J connectivity index is 1.34. The van der Waals surface area contributed by atoms with Crippen LogP contribution >= 0.6 is 0 Å². The van der Waals surface area contributed by atoms with Gasteiger partial charge in [0.05, 0.1) is 29.9 Å². The molecule has 3 atom stereocenters. The van der Waals surface area contributed by atoms with Gasteiger partial charge in [-0.2, -0.15) is 5.10 Å². The maximum absolute atomic E-state index is 13.6. The second kappa shape index (κ2) is 11.5. The van der Waals surface area contributed by atoms with Crippen molar-refractivity contribution in [2.45, 2.75) is 70.3 Å². The fraction of sp³-hybridized carbons (Fsp3) is 0.424. The first-order chi connectivity index (χ1) is 20.4. The van der Waals surface area contributed by atoms with Crippen LogP contribution in [0.5, 0.6) is 0 Å². The summed E-state index contributed by atoms with van der Waals surface area (Å²) in [7, 11) is 3.26. The SMILES string of the molecule is CCCC1CCCCN1C(=O)c1cccc(-c2cccc(-n3nc(C)c(C(=O)OC)c3C3CC3c3cn(C)nn3)c2)c1. The predicted octanol–water partition coefficient (Wildman–Crippen LogP) is 5.83. The number of aromatic nitrogens is 5. The number of carbonyl (C=O) groups is 2. The van der Waals surface area contributed by atoms with Gasteiger partial charge in [0.1, 0.15) is 5.56 Å². The van der Waals surface area contributed by atoms with Crippen molar-refractivity contribution >= 4 is 11.9 Å². The third kappa shape index (κ3) is 5.24. The molecule has 1 saturated carbocycles. The monoisotopic (exact) mass is 566 g/mol. The highest BCUT2D eigenvalue weighted by atomic mass is 16.5. The van der Waals surface area contributed by atoms with E-state index < -0.39 is 0 Å². The third-order valence-corrected chi connectivity index (χ3v) is 8.67. The number of nitrogens with zero attached hydrogens (tertiary/aromatic N) is 6. The zero-order chi connectivity index (χ0) is 29.4. The molecule has 2 aliphatic rings. The molecule has 0 bridgehead atoms. The summed E-state index contributed by atoms with van der Waals surface area (Å²) >= 11 is 0. The number of benzene rings is 2. The summed E-state index contributed by atoms with van der Waals surface area (Å²) in [6, 6.07) is 16.3. The van der Waals surface area contributed by atoms with Crippen molar-refractivity contribution < 1.29 is 14.3 Å². The third-order valence-electron chi connectivity index (χ3n) is 8.67. The number of carbonyl (C=O) groups excluding carboxylic acids is 2. The van der Waals surface area contributed by atoms with Crippen LogP contribution in [-0.2, 0) is 11.8 Å². The summed E-state index contributed by atoms with van der Waals surface area (Å²) < 4.78 is 8.75. The Kier molecular flexibility index (Phi) is 7.66. The van der Waals surface area contributed by atoms with Crippen molar-refractivity contribution in [3.63, 3.8) is 0 Å². The van der Waals surface area contributed by atoms with E-state index in [0.29, 0.717) is 22.9 Å². The minimum atomic E-state index is -0.389. The topological polar surface area (TPSA) is 95.1 Å². The molecule has 0 radical (unpaired) electrons. The van der Waals surface area contributed by atoms with E-state index in [1.807, 2.05) is 67.3 Å². The summed E-state index contributed by atoms with van der Waals surface area (Å²) in [6.45, 7) is 4.85. The highest BCUT2D eigenvalue weighted by Crippen LogP contribution is 2.55. The Labute approximate surface area is 246 Å². The number of ether oxygens (including phenoxy) is 1. The molecule has 1 amide bonds. The summed E-state index contributed by atoms with van der Waals surface area (Å²) in [4.78, 5) is 28.6. The number of aryl methyl sites for hydroxylation is 2. The van der Waals surface area contributed by atoms with Crippen LogP contribution in [0.3, 0.4) is 0 Å². The van der Waals surface area contributed by atoms with Gasteiger partial charge in [-0.25, -0.2) is 9.48 Å². The molecule has 3 unspecified atom stereocenters. The quantitative estimate of drug-likeness (QED) is 0.249. The normalized spacial score (nSPS) is 20.0. The zero-order valence-corrected chi connectivity index (χ0v) is 24.8. The largest absolute Gasteiger partial charge is 0.465 e. The van der Waals surface area contributed by atoms with Crippen LogP contribution in [0.2, 0.25) is 0 Å². The minimum Gasteiger partial charge on any atom is -0.465 e. The number of methoxy groups -OCH3 is 1. The van der Waals surface area contributed by atoms with Gasteiger partial charge in [0.2, 0.25) is 0 Å². The summed E-state index contributed by atoms with van der Waals surface area (Å²) in [6.07, 6.45) is 8.24. The lowest BCUT2D eigenvalue weighted by molar-refractivity contribution is 0.0591. The molecule has 1 aliphatic carbocycles. The Bertz CT molecular complexity index is 1620. The second-order valence-electron chi connectivity index (χ2n) is 11.6. The van der Waals surface area contributed by atoms with Gasteiger partial charge >= 0.3 is 5.97 Å². The smallest absolute Gasteiger partial charge is 0.341 e. The van der Waals surface area contributed by atoms with Gasteiger partial charge in [-0.3, -0.25) is 9.48 Å². The molecule has 0 spiro atoms. The van der Waals surface area contributed by atoms with Gasteiger partial charge in [0, 0.05) is 43.2 Å². The summed E-state index contributed by atoms with van der Waals surface area (Å²) in [5, 5.41) is 13.2. The lowest BCUT2D eigenvalue weighted by Crippen LogP contribution is -2.43. The Morgan fingerprint density at radius 1 is 1.05 bits per heavy atom. The number of rotatable bonds is 8. The fourth-order valence-electron chi connectivity index (χ4n) is 6.51.